The van der Waals surface area contributed by atoms with Crippen molar-refractivity contribution in [2.75, 3.05) is 14.2 Å². The predicted octanol–water partition coefficient (Wildman–Crippen LogP) is 5.46. The summed E-state index contributed by atoms with van der Waals surface area (Å²) in [7, 11) is 3.32. The Morgan fingerprint density at radius 2 is 1.04 bits per heavy atom. The topological polar surface area (TPSA) is 35.5 Å². The Labute approximate surface area is 163 Å². The number of Topliss-reactive ketones (excluding diaryl/α,β-unsaturated/α-hetero) is 1. The van der Waals surface area contributed by atoms with E-state index in [1.165, 1.54) is 0 Å². The number of benzene rings is 4. The highest BCUT2D eigenvalue weighted by Crippen LogP contribution is 2.57. The summed E-state index contributed by atoms with van der Waals surface area (Å²) in [6.07, 6.45) is 0. The van der Waals surface area contributed by atoms with Crippen LogP contribution in [0.2, 0.25) is 0 Å². The summed E-state index contributed by atoms with van der Waals surface area (Å²) in [6.45, 7) is 0. The normalized spacial score (nSPS) is 18.4. The van der Waals surface area contributed by atoms with Crippen LogP contribution in [0.25, 0.3) is 21.5 Å². The van der Waals surface area contributed by atoms with E-state index in [2.05, 4.69) is 24.3 Å². The van der Waals surface area contributed by atoms with Crippen LogP contribution in [0.1, 0.15) is 23.0 Å². The van der Waals surface area contributed by atoms with Crippen molar-refractivity contribution < 1.29 is 14.3 Å². The van der Waals surface area contributed by atoms with Gasteiger partial charge in [-0.15, -0.1) is 0 Å². The number of ether oxygens (including phenoxy) is 2. The van der Waals surface area contributed by atoms with E-state index in [0.29, 0.717) is 0 Å². The Morgan fingerprint density at radius 3 is 1.46 bits per heavy atom. The summed E-state index contributed by atoms with van der Waals surface area (Å²) in [6, 6.07) is 24.3. The summed E-state index contributed by atoms with van der Waals surface area (Å²) in [5, 5.41) is 4.37. The van der Waals surface area contributed by atoms with E-state index in [0.717, 1.165) is 44.2 Å². The third-order valence-electron chi connectivity index (χ3n) is 5.76. The molecule has 0 heterocycles. The highest BCUT2D eigenvalue weighted by Gasteiger charge is 2.54. The van der Waals surface area contributed by atoms with Gasteiger partial charge in [0.15, 0.2) is 0 Å². The molecule has 1 aliphatic carbocycles. The first-order valence-electron chi connectivity index (χ1n) is 9.39. The van der Waals surface area contributed by atoms with Gasteiger partial charge in [0.25, 0.3) is 0 Å². The molecule has 5 rings (SSSR count). The molecule has 0 amide bonds. The lowest BCUT2D eigenvalue weighted by molar-refractivity contribution is -0.110. The molecule has 0 spiro atoms. The fraction of sp³-hybridized carbons (Fsp3) is 0.160. The zero-order chi connectivity index (χ0) is 19.3. The van der Waals surface area contributed by atoms with Gasteiger partial charge >= 0.3 is 0 Å². The van der Waals surface area contributed by atoms with E-state index in [9.17, 15) is 4.79 Å². The first-order valence-corrected chi connectivity index (χ1v) is 9.39. The van der Waals surface area contributed by atoms with Gasteiger partial charge in [-0.2, -0.15) is 0 Å². The van der Waals surface area contributed by atoms with Crippen LogP contribution in [0, 0.1) is 0 Å². The molecule has 3 heteroatoms. The van der Waals surface area contributed by atoms with Crippen molar-refractivity contribution in [2.24, 2.45) is 0 Å². The van der Waals surface area contributed by atoms with Gasteiger partial charge in [-0.1, -0.05) is 60.7 Å². The maximum Gasteiger partial charge on any atom is 0.150 e. The third kappa shape index (κ3) is 2.40. The highest BCUT2D eigenvalue weighted by atomic mass is 16.5. The summed E-state index contributed by atoms with van der Waals surface area (Å²) in [5.41, 5.74) is 1.95. The van der Waals surface area contributed by atoms with E-state index in [-0.39, 0.29) is 17.6 Å². The number of hydrogen-bond donors (Lipinski definition) is 0. The lowest BCUT2D eigenvalue weighted by atomic mass is 9.94. The van der Waals surface area contributed by atoms with Crippen molar-refractivity contribution in [3.05, 3.63) is 83.9 Å². The molecule has 28 heavy (non-hydrogen) atoms. The molecule has 4 aromatic rings. The minimum atomic E-state index is -0.222. The Balaban J connectivity index is 1.73. The second-order valence-corrected chi connectivity index (χ2v) is 7.16. The molecule has 2 unspecified atom stereocenters. The van der Waals surface area contributed by atoms with Gasteiger partial charge in [-0.05, 0) is 33.7 Å². The molecular weight excluding hydrogens is 348 g/mol. The number of methoxy groups -OCH3 is 2. The fourth-order valence-corrected chi connectivity index (χ4v) is 4.41. The first-order chi connectivity index (χ1) is 13.7. The summed E-state index contributed by atoms with van der Waals surface area (Å²) in [5.74, 6) is 1.29. The Morgan fingerprint density at radius 1 is 0.607 bits per heavy atom. The first kappa shape index (κ1) is 16.8. The van der Waals surface area contributed by atoms with Crippen molar-refractivity contribution >= 4 is 27.3 Å². The molecule has 4 aromatic carbocycles. The van der Waals surface area contributed by atoms with Crippen molar-refractivity contribution in [2.45, 2.75) is 11.8 Å². The quantitative estimate of drug-likeness (QED) is 0.480. The monoisotopic (exact) mass is 368 g/mol. The fourth-order valence-electron chi connectivity index (χ4n) is 4.41. The van der Waals surface area contributed by atoms with Crippen LogP contribution >= 0.6 is 0 Å². The molecule has 138 valence electrons. The van der Waals surface area contributed by atoms with Gasteiger partial charge in [-0.25, -0.2) is 0 Å². The molecule has 0 N–H and O–H groups in total. The highest BCUT2D eigenvalue weighted by molar-refractivity contribution is 6.15. The Kier molecular flexibility index (Phi) is 3.83. The molecule has 0 radical (unpaired) electrons. The second-order valence-electron chi connectivity index (χ2n) is 7.16. The lowest BCUT2D eigenvalue weighted by Crippen LogP contribution is -1.96. The van der Waals surface area contributed by atoms with Crippen LogP contribution in [0.4, 0.5) is 0 Å². The molecule has 0 bridgehead atoms. The zero-order valence-corrected chi connectivity index (χ0v) is 15.8. The second kappa shape index (κ2) is 6.38. The SMILES string of the molecule is COc1ccc2ccccc2c1C1C(=O)C1c1c(OC)ccc2ccccc12. The summed E-state index contributed by atoms with van der Waals surface area (Å²) < 4.78 is 11.3. The molecule has 0 aromatic heterocycles. The van der Waals surface area contributed by atoms with Gasteiger partial charge < -0.3 is 9.47 Å². The summed E-state index contributed by atoms with van der Waals surface area (Å²) in [4.78, 5) is 13.1. The predicted molar refractivity (Wildman–Crippen MR) is 111 cm³/mol. The molecule has 1 fully saturated rings. The molecule has 3 nitrogen and oxygen atoms in total. The minimum Gasteiger partial charge on any atom is -0.496 e. The van der Waals surface area contributed by atoms with Gasteiger partial charge in [0.05, 0.1) is 26.1 Å². The molecule has 0 aliphatic heterocycles. The van der Waals surface area contributed by atoms with Crippen molar-refractivity contribution in [1.29, 1.82) is 0 Å². The average molecular weight is 368 g/mol. The third-order valence-corrected chi connectivity index (χ3v) is 5.76. The number of hydrogen-bond acceptors (Lipinski definition) is 3. The molecule has 0 saturated heterocycles. The van der Waals surface area contributed by atoms with Crippen LogP contribution in [0.5, 0.6) is 11.5 Å². The largest absolute Gasteiger partial charge is 0.496 e. The van der Waals surface area contributed by atoms with Crippen LogP contribution in [0.15, 0.2) is 72.8 Å². The Hall–Kier alpha value is -3.33. The van der Waals surface area contributed by atoms with Crippen molar-refractivity contribution in [1.82, 2.24) is 0 Å². The number of carbonyl (C=O) groups is 1. The van der Waals surface area contributed by atoms with Crippen LogP contribution in [-0.4, -0.2) is 20.0 Å². The summed E-state index contributed by atoms with van der Waals surface area (Å²) >= 11 is 0. The van der Waals surface area contributed by atoms with Crippen molar-refractivity contribution in [3.8, 4) is 11.5 Å². The van der Waals surface area contributed by atoms with E-state index >= 15 is 0 Å². The van der Waals surface area contributed by atoms with Crippen LogP contribution in [-0.2, 0) is 4.79 Å². The number of carbonyl (C=O) groups excluding carboxylic acids is 1. The Bertz CT molecular complexity index is 1130. The average Bonchev–Trinajstić information content (AvgIpc) is 3.41. The lowest BCUT2D eigenvalue weighted by Gasteiger charge is -2.13. The van der Waals surface area contributed by atoms with E-state index in [4.69, 9.17) is 9.47 Å². The number of ketones is 1. The standard InChI is InChI=1S/C25H20O3/c1-27-19-13-11-15-7-3-5-9-17(15)21(19)23-24(25(23)26)22-18-10-6-4-8-16(18)12-14-20(22)28-2/h3-14,23-24H,1-2H3. The van der Waals surface area contributed by atoms with Gasteiger partial charge in [-0.3, -0.25) is 4.79 Å². The van der Waals surface area contributed by atoms with E-state index < -0.39 is 0 Å². The van der Waals surface area contributed by atoms with Crippen LogP contribution < -0.4 is 9.47 Å². The van der Waals surface area contributed by atoms with Crippen LogP contribution in [0.3, 0.4) is 0 Å². The van der Waals surface area contributed by atoms with Gasteiger partial charge in [0.2, 0.25) is 0 Å². The maximum atomic E-state index is 13.1. The zero-order valence-electron chi connectivity index (χ0n) is 15.8. The maximum absolute atomic E-state index is 13.1. The molecule has 1 saturated carbocycles. The molecule has 1 aliphatic rings. The number of rotatable bonds is 4. The van der Waals surface area contributed by atoms with Gasteiger partial charge in [0, 0.05) is 11.1 Å². The number of fused-ring (bicyclic) bond motifs is 2. The smallest absolute Gasteiger partial charge is 0.150 e. The van der Waals surface area contributed by atoms with E-state index in [1.54, 1.807) is 14.2 Å². The molecule has 2 atom stereocenters. The van der Waals surface area contributed by atoms with E-state index in [1.807, 2.05) is 48.5 Å². The molecular formula is C25H20O3. The van der Waals surface area contributed by atoms with Gasteiger partial charge in [0.1, 0.15) is 17.3 Å². The van der Waals surface area contributed by atoms with Crippen molar-refractivity contribution in [3.63, 3.8) is 0 Å². The minimum absolute atomic E-state index is 0.212.